The second-order valence-electron chi connectivity index (χ2n) is 6.04. The normalized spacial score (nSPS) is 19.2. The summed E-state index contributed by atoms with van der Waals surface area (Å²) in [6.45, 7) is 5.32. The van der Waals surface area contributed by atoms with Crippen molar-refractivity contribution in [2.45, 2.75) is 31.7 Å². The fourth-order valence-electron chi connectivity index (χ4n) is 2.69. The highest BCUT2D eigenvalue weighted by Crippen LogP contribution is 2.26. The quantitative estimate of drug-likeness (QED) is 0.883. The maximum absolute atomic E-state index is 4.39. The van der Waals surface area contributed by atoms with Crippen molar-refractivity contribution >= 4 is 5.95 Å². The van der Waals surface area contributed by atoms with Gasteiger partial charge in [-0.25, -0.2) is 9.97 Å². The topological polar surface area (TPSA) is 44.3 Å². The number of hydrogen-bond acceptors (Lipinski definition) is 5. The van der Waals surface area contributed by atoms with Gasteiger partial charge in [-0.3, -0.25) is 0 Å². The Balaban J connectivity index is 1.98. The summed E-state index contributed by atoms with van der Waals surface area (Å²) in [6.07, 6.45) is 7.15. The van der Waals surface area contributed by atoms with Gasteiger partial charge in [-0.2, -0.15) is 0 Å². The predicted molar refractivity (Wildman–Crippen MR) is 83.0 cm³/mol. The predicted octanol–water partition coefficient (Wildman–Crippen LogP) is 1.48. The number of likely N-dealkylation sites (tertiary alicyclic amines) is 1. The van der Waals surface area contributed by atoms with Crippen LogP contribution in [-0.2, 0) is 6.42 Å². The summed E-state index contributed by atoms with van der Waals surface area (Å²) in [5, 5.41) is 3.42. The fraction of sp³-hybridized carbons (Fsp3) is 0.733. The summed E-state index contributed by atoms with van der Waals surface area (Å²) < 4.78 is 0. The molecule has 1 saturated heterocycles. The average molecular weight is 277 g/mol. The molecular weight excluding hydrogens is 250 g/mol. The van der Waals surface area contributed by atoms with Crippen LogP contribution in [0, 0.1) is 0 Å². The number of hydrogen-bond donors (Lipinski definition) is 1. The molecule has 1 aliphatic heterocycles. The van der Waals surface area contributed by atoms with Crippen LogP contribution in [0.1, 0.15) is 25.3 Å². The number of nitrogens with one attached hydrogen (secondary N) is 1. The van der Waals surface area contributed by atoms with E-state index in [2.05, 4.69) is 53.2 Å². The van der Waals surface area contributed by atoms with E-state index in [1.54, 1.807) is 0 Å². The van der Waals surface area contributed by atoms with E-state index in [-0.39, 0.29) is 5.54 Å². The number of rotatable bonds is 5. The van der Waals surface area contributed by atoms with Gasteiger partial charge in [-0.05, 0) is 59.1 Å². The van der Waals surface area contributed by atoms with Gasteiger partial charge >= 0.3 is 0 Å². The molecule has 0 atom stereocenters. The summed E-state index contributed by atoms with van der Waals surface area (Å²) in [7, 11) is 6.54. The zero-order chi connectivity index (χ0) is 14.6. The van der Waals surface area contributed by atoms with Crippen LogP contribution in [0.4, 0.5) is 5.95 Å². The van der Waals surface area contributed by atoms with E-state index in [1.807, 2.05) is 12.4 Å². The number of aromatic nitrogens is 2. The van der Waals surface area contributed by atoms with Crippen LogP contribution in [0.2, 0.25) is 0 Å². The van der Waals surface area contributed by atoms with Crippen LogP contribution in [0.5, 0.6) is 0 Å². The monoisotopic (exact) mass is 277 g/mol. The second-order valence-corrected chi connectivity index (χ2v) is 6.04. The third-order valence-corrected chi connectivity index (χ3v) is 4.56. The Labute approximate surface area is 122 Å². The second kappa shape index (κ2) is 6.50. The summed E-state index contributed by atoms with van der Waals surface area (Å²) in [4.78, 5) is 13.5. The Morgan fingerprint density at radius 3 is 2.35 bits per heavy atom. The first kappa shape index (κ1) is 15.2. The first-order chi connectivity index (χ1) is 9.55. The lowest BCUT2D eigenvalue weighted by Crippen LogP contribution is -2.55. The van der Waals surface area contributed by atoms with E-state index in [0.29, 0.717) is 0 Å². The first-order valence-corrected chi connectivity index (χ1v) is 7.46. The van der Waals surface area contributed by atoms with Gasteiger partial charge in [-0.1, -0.05) is 6.92 Å². The van der Waals surface area contributed by atoms with Crippen molar-refractivity contribution in [3.8, 4) is 0 Å². The van der Waals surface area contributed by atoms with Crippen molar-refractivity contribution in [1.82, 2.24) is 19.8 Å². The van der Waals surface area contributed by atoms with Gasteiger partial charge in [-0.15, -0.1) is 0 Å². The first-order valence-electron chi connectivity index (χ1n) is 7.46. The maximum atomic E-state index is 4.39. The van der Waals surface area contributed by atoms with Crippen LogP contribution < -0.4 is 5.32 Å². The summed E-state index contributed by atoms with van der Waals surface area (Å²) in [5.41, 5.74) is 1.39. The molecule has 2 heterocycles. The molecule has 5 nitrogen and oxygen atoms in total. The molecule has 0 unspecified atom stereocenters. The van der Waals surface area contributed by atoms with Gasteiger partial charge in [0.1, 0.15) is 0 Å². The minimum Gasteiger partial charge on any atom is -0.352 e. The molecule has 0 saturated carbocycles. The molecule has 112 valence electrons. The van der Waals surface area contributed by atoms with Crippen molar-refractivity contribution in [2.24, 2.45) is 0 Å². The molecule has 20 heavy (non-hydrogen) atoms. The van der Waals surface area contributed by atoms with E-state index < -0.39 is 0 Å². The Kier molecular flexibility index (Phi) is 4.94. The Morgan fingerprint density at radius 1 is 1.25 bits per heavy atom. The Morgan fingerprint density at radius 2 is 1.85 bits per heavy atom. The average Bonchev–Trinajstić information content (AvgIpc) is 2.47. The highest BCUT2D eigenvalue weighted by atomic mass is 15.2. The van der Waals surface area contributed by atoms with Gasteiger partial charge in [0.2, 0.25) is 5.95 Å². The zero-order valence-corrected chi connectivity index (χ0v) is 13.2. The number of likely N-dealkylation sites (N-methyl/N-ethyl adjacent to an activating group) is 1. The summed E-state index contributed by atoms with van der Waals surface area (Å²) in [6, 6.07) is 0. The van der Waals surface area contributed by atoms with Gasteiger partial charge < -0.3 is 15.1 Å². The van der Waals surface area contributed by atoms with Gasteiger partial charge in [0, 0.05) is 24.5 Å². The molecule has 0 spiro atoms. The molecular formula is C15H27N5. The molecule has 1 aromatic heterocycles. The smallest absolute Gasteiger partial charge is 0.222 e. The lowest BCUT2D eigenvalue weighted by atomic mass is 9.86. The lowest BCUT2D eigenvalue weighted by Gasteiger charge is -2.45. The third kappa shape index (κ3) is 3.46. The van der Waals surface area contributed by atoms with E-state index in [0.717, 1.165) is 32.0 Å². The van der Waals surface area contributed by atoms with Gasteiger partial charge in [0.25, 0.3) is 0 Å². The van der Waals surface area contributed by atoms with Crippen LogP contribution in [-0.4, -0.2) is 66.1 Å². The van der Waals surface area contributed by atoms with E-state index in [4.69, 9.17) is 0 Å². The SMILES string of the molecule is CCc1cnc(NCC2(N(C)C)CCN(C)CC2)nc1. The standard InChI is InChI=1S/C15H27N5/c1-5-13-10-16-14(17-11-13)18-12-15(19(2)3)6-8-20(4)9-7-15/h10-11H,5-9,12H2,1-4H3,(H,16,17,18). The molecule has 2 rings (SSSR count). The maximum Gasteiger partial charge on any atom is 0.222 e. The van der Waals surface area contributed by atoms with Crippen molar-refractivity contribution in [2.75, 3.05) is 46.1 Å². The van der Waals surface area contributed by atoms with Crippen molar-refractivity contribution in [1.29, 1.82) is 0 Å². The van der Waals surface area contributed by atoms with Crippen LogP contribution in [0.3, 0.4) is 0 Å². The Bertz CT molecular complexity index is 407. The molecule has 0 bridgehead atoms. The van der Waals surface area contributed by atoms with Crippen LogP contribution in [0.15, 0.2) is 12.4 Å². The number of anilines is 1. The molecule has 1 aliphatic rings. The number of aryl methyl sites for hydroxylation is 1. The molecule has 1 aromatic rings. The van der Waals surface area contributed by atoms with E-state index >= 15 is 0 Å². The molecule has 1 N–H and O–H groups in total. The molecule has 0 radical (unpaired) electrons. The lowest BCUT2D eigenvalue weighted by molar-refractivity contribution is 0.0772. The summed E-state index contributed by atoms with van der Waals surface area (Å²) in [5.74, 6) is 0.738. The van der Waals surface area contributed by atoms with Gasteiger partial charge in [0.05, 0.1) is 0 Å². The minimum atomic E-state index is 0.208. The van der Waals surface area contributed by atoms with Crippen molar-refractivity contribution < 1.29 is 0 Å². The molecule has 0 aliphatic carbocycles. The van der Waals surface area contributed by atoms with Gasteiger partial charge in [0.15, 0.2) is 0 Å². The highest BCUT2D eigenvalue weighted by Gasteiger charge is 2.35. The molecule has 1 fully saturated rings. The third-order valence-electron chi connectivity index (χ3n) is 4.56. The van der Waals surface area contributed by atoms with E-state index in [1.165, 1.54) is 18.4 Å². The summed E-state index contributed by atoms with van der Waals surface area (Å²) >= 11 is 0. The van der Waals surface area contributed by atoms with E-state index in [9.17, 15) is 0 Å². The minimum absolute atomic E-state index is 0.208. The zero-order valence-electron chi connectivity index (χ0n) is 13.2. The van der Waals surface area contributed by atoms with Crippen LogP contribution in [0.25, 0.3) is 0 Å². The number of nitrogens with zero attached hydrogens (tertiary/aromatic N) is 4. The van der Waals surface area contributed by atoms with Crippen molar-refractivity contribution in [3.05, 3.63) is 18.0 Å². The van der Waals surface area contributed by atoms with Crippen molar-refractivity contribution in [3.63, 3.8) is 0 Å². The largest absolute Gasteiger partial charge is 0.352 e. The van der Waals surface area contributed by atoms with Crippen LogP contribution >= 0.6 is 0 Å². The highest BCUT2D eigenvalue weighted by molar-refractivity contribution is 5.26. The Hall–Kier alpha value is -1.20. The molecule has 0 aromatic carbocycles. The molecule has 5 heteroatoms. The molecule has 0 amide bonds. The number of piperidine rings is 1. The fourth-order valence-corrected chi connectivity index (χ4v) is 2.69.